The van der Waals surface area contributed by atoms with E-state index in [-0.39, 0.29) is 64.7 Å². The molecule has 0 unspecified atom stereocenters. The number of likely N-dealkylation sites (tertiary alicyclic amines) is 1. The Morgan fingerprint density at radius 2 is 0.583 bits per heavy atom. The van der Waals surface area contributed by atoms with Gasteiger partial charge in [0.15, 0.2) is 0 Å². The summed E-state index contributed by atoms with van der Waals surface area (Å²) in [4.78, 5) is 117. The molecule has 9 aromatic rings. The Kier molecular flexibility index (Phi) is 68.0. The molecule has 1 aliphatic rings. The molecule has 144 heavy (non-hydrogen) atoms. The number of benzene rings is 9. The second kappa shape index (κ2) is 76.5. The first-order chi connectivity index (χ1) is 68.6. The summed E-state index contributed by atoms with van der Waals surface area (Å²) >= 11 is 11.5. The fraction of sp³-hybridized carbons (Fsp3) is 0.471. The molecule has 0 bridgehead atoms. The van der Waals surface area contributed by atoms with Gasteiger partial charge in [0.1, 0.15) is 11.6 Å². The fourth-order valence-electron chi connectivity index (χ4n) is 13.6. The highest BCUT2D eigenvalue weighted by atomic mass is 35.5. The molecule has 1 fully saturated rings. The summed E-state index contributed by atoms with van der Waals surface area (Å²) in [6, 6.07) is 68.0. The van der Waals surface area contributed by atoms with Gasteiger partial charge in [0.25, 0.3) is 58.9 Å². The Morgan fingerprint density at radius 3 is 0.868 bits per heavy atom. The summed E-state index contributed by atoms with van der Waals surface area (Å²) in [6.07, 6.45) is 17.8. The van der Waals surface area contributed by atoms with E-state index in [0.717, 1.165) is 174 Å². The third kappa shape index (κ3) is 61.8. The number of nitrogens with zero attached hydrogens (tertiary/aromatic N) is 2. The number of rotatable bonds is 42. The van der Waals surface area contributed by atoms with E-state index in [0.29, 0.717) is 86.5 Å². The number of nitrogens with one attached hydrogen (secondary N) is 8. The largest absolute Gasteiger partial charge is 0.497 e. The van der Waals surface area contributed by atoms with Crippen LogP contribution in [-0.2, 0) is 0 Å². The van der Waals surface area contributed by atoms with Gasteiger partial charge < -0.3 is 52.2 Å². The van der Waals surface area contributed by atoms with E-state index in [4.69, 9.17) is 27.9 Å². The van der Waals surface area contributed by atoms with Crippen molar-refractivity contribution in [2.45, 2.75) is 234 Å². The Labute approximate surface area is 871 Å². The molecule has 9 aromatic carbocycles. The van der Waals surface area contributed by atoms with Crippen LogP contribution in [0.15, 0.2) is 237 Å². The zero-order valence-electron chi connectivity index (χ0n) is 89.6. The highest BCUT2D eigenvalue weighted by Crippen LogP contribution is 2.26. The molecule has 22 nitrogen and oxygen atoms in total. The summed E-state index contributed by atoms with van der Waals surface area (Å²) in [5.41, 5.74) is 7.03. The van der Waals surface area contributed by atoms with Crippen LogP contribution in [-0.4, -0.2) is 136 Å². The van der Waals surface area contributed by atoms with Crippen molar-refractivity contribution in [3.8, 4) is 5.75 Å². The number of unbranched alkanes of at least 4 members (excludes halogenated alkanes) is 4. The maximum Gasteiger partial charge on any atom is 0.269 e. The van der Waals surface area contributed by atoms with E-state index in [2.05, 4.69) is 167 Å². The number of nitro groups is 1. The average molecular weight is 2020 g/mol. The molecule has 0 radical (unpaired) electrons. The number of non-ortho nitro benzene ring substituents is 1. The molecular weight excluding hydrogens is 1850 g/mol. The molecule has 10 rings (SSSR count). The van der Waals surface area contributed by atoms with E-state index in [1.807, 2.05) is 127 Å². The lowest BCUT2D eigenvalue weighted by Gasteiger charge is -2.33. The summed E-state index contributed by atoms with van der Waals surface area (Å²) in [5.74, 6) is 6.96. The van der Waals surface area contributed by atoms with Crippen LogP contribution in [0.2, 0.25) is 10.0 Å². The Hall–Kier alpha value is -12.1. The van der Waals surface area contributed by atoms with Gasteiger partial charge >= 0.3 is 0 Å². The molecule has 8 N–H and O–H groups in total. The van der Waals surface area contributed by atoms with Gasteiger partial charge in [0.2, 0.25) is 0 Å². The van der Waals surface area contributed by atoms with Crippen molar-refractivity contribution in [3.63, 3.8) is 0 Å². The number of ether oxygens (including phenoxy) is 1. The van der Waals surface area contributed by atoms with Crippen LogP contribution in [0.5, 0.6) is 5.75 Å². The predicted molar refractivity (Wildman–Crippen MR) is 591 cm³/mol. The molecular formula is C119H169Cl2FN10O12. The van der Waals surface area contributed by atoms with E-state index >= 15 is 0 Å². The Morgan fingerprint density at radius 1 is 0.326 bits per heavy atom. The molecule has 1 saturated heterocycles. The van der Waals surface area contributed by atoms with Crippen molar-refractivity contribution in [2.24, 2.45) is 59.2 Å². The van der Waals surface area contributed by atoms with Crippen LogP contribution >= 0.6 is 23.2 Å². The molecule has 1 heterocycles. The van der Waals surface area contributed by atoms with Gasteiger partial charge in [-0.15, -0.1) is 0 Å². The van der Waals surface area contributed by atoms with Gasteiger partial charge in [-0.05, 0) is 288 Å². The number of nitro benzene ring substituents is 1. The molecule has 0 aliphatic carbocycles. The first kappa shape index (κ1) is 128. The fourth-order valence-corrected chi connectivity index (χ4v) is 13.8. The lowest BCUT2D eigenvalue weighted by atomic mass is 9.86. The number of aryl methyl sites for hydroxylation is 1. The van der Waals surface area contributed by atoms with Gasteiger partial charge in [0.05, 0.1) is 12.0 Å². The molecule has 25 heteroatoms. The second-order valence-electron chi connectivity index (χ2n) is 39.5. The maximum atomic E-state index is 12.6. The summed E-state index contributed by atoms with van der Waals surface area (Å²) in [5, 5.41) is 34.7. The molecule has 0 spiro atoms. The normalized spacial score (nSPS) is 11.2. The maximum absolute atomic E-state index is 12.6. The first-order valence-corrected chi connectivity index (χ1v) is 52.3. The summed E-state index contributed by atoms with van der Waals surface area (Å²) < 4.78 is 17.6. The van der Waals surface area contributed by atoms with Gasteiger partial charge in [0, 0.05) is 138 Å². The Balaban J connectivity index is 0.000000548. The van der Waals surface area contributed by atoms with Crippen molar-refractivity contribution < 1.29 is 57.2 Å². The third-order valence-corrected chi connectivity index (χ3v) is 23.3. The first-order valence-electron chi connectivity index (χ1n) is 51.5. The number of hydrogen-bond donors (Lipinski definition) is 8. The minimum Gasteiger partial charge on any atom is -0.497 e. The van der Waals surface area contributed by atoms with E-state index in [1.54, 1.807) is 79.9 Å². The molecule has 9 amide bonds. The van der Waals surface area contributed by atoms with Crippen LogP contribution in [0.25, 0.3) is 0 Å². The van der Waals surface area contributed by atoms with E-state index in [9.17, 15) is 57.7 Å². The zero-order chi connectivity index (χ0) is 107. The average Bonchev–Trinajstić information content (AvgIpc) is 0.844. The van der Waals surface area contributed by atoms with Crippen LogP contribution in [0.4, 0.5) is 10.1 Å². The molecule has 0 saturated carbocycles. The number of piperidine rings is 1. The SMILES string of the molecule is CC(C)C1CCN(C(=O)c2ccccc2)CC1.CC(C)CCCCCNC(=O)c1ccc(Cl)cc1.CC(C)CCCCCNC(=O)c1ccccc1.CC(C)CCNC(=O)c1ccc(Cl)cc1.CC(C)CCNC(=O)c1ccc(F)cc1.CC(C)CCNC(=O)c1ccc([N+](=O)[O-])cc1.CC(C)CCNC(=O)c1ccccc1.COc1ccc(C(=O)NCCC(C)C)cc1.Cc1ccccc1C(=O)NCCC(C)C. The highest BCUT2D eigenvalue weighted by Gasteiger charge is 2.26. The van der Waals surface area contributed by atoms with E-state index < -0.39 is 4.92 Å². The summed E-state index contributed by atoms with van der Waals surface area (Å²) in [6.45, 7) is 48.6. The van der Waals surface area contributed by atoms with Crippen molar-refractivity contribution in [3.05, 3.63) is 318 Å². The van der Waals surface area contributed by atoms with E-state index in [1.165, 1.54) is 87.1 Å². The molecule has 0 aromatic heterocycles. The molecule has 1 aliphatic heterocycles. The monoisotopic (exact) mass is 2020 g/mol. The van der Waals surface area contributed by atoms with Crippen molar-refractivity contribution >= 4 is 82.1 Å². The number of amides is 9. The summed E-state index contributed by atoms with van der Waals surface area (Å²) in [7, 11) is 1.61. The van der Waals surface area contributed by atoms with Crippen molar-refractivity contribution in [1.29, 1.82) is 0 Å². The van der Waals surface area contributed by atoms with Gasteiger partial charge in [-0.3, -0.25) is 53.3 Å². The smallest absolute Gasteiger partial charge is 0.269 e. The minimum absolute atomic E-state index is 0.0104. The number of carbonyl (C=O) groups is 9. The minimum atomic E-state index is -0.486. The van der Waals surface area contributed by atoms with Crippen LogP contribution in [0.1, 0.15) is 326 Å². The van der Waals surface area contributed by atoms with Gasteiger partial charge in [-0.25, -0.2) is 4.39 Å². The quantitative estimate of drug-likeness (QED) is 0.0101. The van der Waals surface area contributed by atoms with Crippen molar-refractivity contribution in [2.75, 3.05) is 72.6 Å². The topological polar surface area (TPSA) is 305 Å². The Bertz CT molecular complexity index is 4960. The zero-order valence-corrected chi connectivity index (χ0v) is 91.1. The number of halogens is 3. The lowest BCUT2D eigenvalue weighted by molar-refractivity contribution is -0.384. The molecule has 788 valence electrons. The van der Waals surface area contributed by atoms with Gasteiger partial charge in [-0.2, -0.15) is 0 Å². The standard InChI is InChI=1S/C15H22ClNO.C15H21NO.C15H23NO.C13H19NO2.C13H19NO.C12H16ClNO.C12H16FNO.C12H16N2O3.C12H17NO/c1-12(2)6-4-3-5-11-17-15(18)13-7-9-14(16)10-8-13;1-12(2)13-8-10-16(11-9-13)15(17)14-6-4-3-5-7-14;1-13(2)9-5-4-8-12-16-15(17)14-10-6-3-7-11-14;1-10(2)8-9-14-13(15)11-4-6-12(16-3)7-5-11;1-10(2)8-9-14-13(15)12-7-5-4-6-11(12)3;2*1-9(2)7-8-14-12(15)10-3-5-11(13)6-4-10;1-9(2)7-8-13-12(15)10-3-5-11(6-4-10)14(16)17;1-10(2)8-9-13-12(14)11-6-4-3-5-7-11/h7-10,12H,3-6,11H2,1-2H3,(H,17,18);3-7,12-13H,8-11H2,1-2H3;3,6-7,10-11,13H,4-5,8-9,12H2,1-2H3,(H,16,17);4-7,10H,8-9H2,1-3H3,(H,14,15);4-7,10H,8-9H2,1-3H3,(H,14,15);2*3-6,9H,7-8H2,1-2H3,(H,14,15);3-6,9H,7-8H2,1-2H3,(H,13,15);3-7,10H,8-9H2,1-2H3,(H,13,14). The number of methoxy groups -OCH3 is 1. The third-order valence-electron chi connectivity index (χ3n) is 22.8. The number of hydrogen-bond acceptors (Lipinski definition) is 12. The lowest BCUT2D eigenvalue weighted by Crippen LogP contribution is -2.39. The second-order valence-corrected chi connectivity index (χ2v) is 40.3. The van der Waals surface area contributed by atoms with Crippen LogP contribution < -0.4 is 47.3 Å². The number of carbonyl (C=O) groups excluding carboxylic acids is 9. The van der Waals surface area contributed by atoms with Crippen LogP contribution in [0.3, 0.4) is 0 Å². The molecule has 0 atom stereocenters. The van der Waals surface area contributed by atoms with Gasteiger partial charge in [-0.1, -0.05) is 259 Å². The van der Waals surface area contributed by atoms with Crippen molar-refractivity contribution in [1.82, 2.24) is 47.4 Å². The highest BCUT2D eigenvalue weighted by molar-refractivity contribution is 6.31. The predicted octanol–water partition coefficient (Wildman–Crippen LogP) is 26.9. The van der Waals surface area contributed by atoms with Crippen LogP contribution in [0, 0.1) is 82.0 Å².